The smallest absolute Gasteiger partial charge is 0.276 e. The van der Waals surface area contributed by atoms with Crippen LogP contribution in [0.3, 0.4) is 0 Å². The van der Waals surface area contributed by atoms with E-state index in [0.717, 1.165) is 11.1 Å². The summed E-state index contributed by atoms with van der Waals surface area (Å²) in [4.78, 5) is 30.3. The molecule has 0 fully saturated rings. The largest absolute Gasteiger partial charge is 0.351 e. The molecule has 0 bridgehead atoms. The summed E-state index contributed by atoms with van der Waals surface area (Å²) in [5.41, 5.74) is 4.05. The molecule has 1 N–H and O–H groups in total. The molecule has 0 unspecified atom stereocenters. The minimum atomic E-state index is -0.503. The monoisotopic (exact) mass is 487 g/mol. The first kappa shape index (κ1) is 22.5. The molecule has 2 heterocycles. The number of hydrogen-bond acceptors (Lipinski definition) is 5. The lowest BCUT2D eigenvalue weighted by molar-refractivity contribution is -0.118. The first-order chi connectivity index (χ1) is 15.3. The van der Waals surface area contributed by atoms with Gasteiger partial charge in [0.05, 0.1) is 22.0 Å². The third-order valence-corrected chi connectivity index (χ3v) is 7.12. The number of aromatic nitrogens is 2. The number of thiophene rings is 1. The molecule has 1 amide bonds. The summed E-state index contributed by atoms with van der Waals surface area (Å²) < 4.78 is 15.4. The van der Waals surface area contributed by atoms with Gasteiger partial charge in [0.25, 0.3) is 5.56 Å². The second-order valence-electron chi connectivity index (χ2n) is 7.25. The molecule has 0 saturated heterocycles. The summed E-state index contributed by atoms with van der Waals surface area (Å²) in [7, 11) is 0. The zero-order valence-electron chi connectivity index (χ0n) is 17.3. The Morgan fingerprint density at radius 3 is 2.75 bits per heavy atom. The van der Waals surface area contributed by atoms with Crippen molar-refractivity contribution in [1.82, 2.24) is 14.9 Å². The van der Waals surface area contributed by atoms with E-state index in [4.69, 9.17) is 11.6 Å². The Kier molecular flexibility index (Phi) is 6.64. The number of hydrogen-bond donors (Lipinski definition) is 1. The number of fused-ring (bicyclic) bond motifs is 1. The predicted molar refractivity (Wildman–Crippen MR) is 129 cm³/mol. The molecule has 2 aromatic carbocycles. The van der Waals surface area contributed by atoms with Crippen molar-refractivity contribution >= 4 is 50.8 Å². The topological polar surface area (TPSA) is 64.0 Å². The van der Waals surface area contributed by atoms with Crippen molar-refractivity contribution in [2.75, 3.05) is 5.75 Å². The number of nitrogens with one attached hydrogen (secondary N) is 1. The standard InChI is InChI=1S/C23H19ClFN3O2S2/c1-13-3-5-16(9-14(13)2)28-22(30)21-19(7-8-31-21)27-23(28)32-12-20(29)26-11-15-4-6-18(25)17(24)10-15/h3-10H,11-12H2,1-2H3,(H,26,29). The van der Waals surface area contributed by atoms with Gasteiger partial charge in [0, 0.05) is 6.54 Å². The molecular formula is C23H19ClFN3O2S2. The van der Waals surface area contributed by atoms with Crippen LogP contribution >= 0.6 is 34.7 Å². The van der Waals surface area contributed by atoms with Gasteiger partial charge in [-0.2, -0.15) is 0 Å². The van der Waals surface area contributed by atoms with Crippen LogP contribution in [0.2, 0.25) is 5.02 Å². The average Bonchev–Trinajstić information content (AvgIpc) is 3.24. The van der Waals surface area contributed by atoms with Gasteiger partial charge in [-0.25, -0.2) is 9.37 Å². The lowest BCUT2D eigenvalue weighted by Gasteiger charge is -2.13. The number of aryl methyl sites for hydroxylation is 2. The molecular weight excluding hydrogens is 469 g/mol. The van der Waals surface area contributed by atoms with Crippen LogP contribution in [-0.4, -0.2) is 21.2 Å². The van der Waals surface area contributed by atoms with Crippen LogP contribution in [0.25, 0.3) is 15.9 Å². The predicted octanol–water partition coefficient (Wildman–Crippen LogP) is 5.27. The molecule has 0 saturated carbocycles. The zero-order valence-corrected chi connectivity index (χ0v) is 19.7. The Hall–Kier alpha value is -2.68. The SMILES string of the molecule is Cc1ccc(-n2c(SCC(=O)NCc3ccc(F)c(Cl)c3)nc3ccsc3c2=O)cc1C. The van der Waals surface area contributed by atoms with E-state index < -0.39 is 5.82 Å². The van der Waals surface area contributed by atoms with Gasteiger partial charge in [0.2, 0.25) is 5.91 Å². The van der Waals surface area contributed by atoms with Gasteiger partial charge in [-0.3, -0.25) is 14.2 Å². The van der Waals surface area contributed by atoms with E-state index in [2.05, 4.69) is 10.3 Å². The molecule has 164 valence electrons. The number of thioether (sulfide) groups is 1. The lowest BCUT2D eigenvalue weighted by Crippen LogP contribution is -2.26. The molecule has 0 spiro atoms. The Bertz CT molecular complexity index is 1380. The van der Waals surface area contributed by atoms with Crippen molar-refractivity contribution in [3.63, 3.8) is 0 Å². The highest BCUT2D eigenvalue weighted by atomic mass is 35.5. The Morgan fingerprint density at radius 1 is 1.19 bits per heavy atom. The number of amides is 1. The number of rotatable bonds is 6. The van der Waals surface area contributed by atoms with Crippen LogP contribution in [-0.2, 0) is 11.3 Å². The number of nitrogens with zero attached hydrogens (tertiary/aromatic N) is 2. The number of carbonyl (C=O) groups is 1. The summed E-state index contributed by atoms with van der Waals surface area (Å²) in [6, 6.07) is 11.9. The first-order valence-electron chi connectivity index (χ1n) is 9.75. The van der Waals surface area contributed by atoms with Crippen LogP contribution in [0, 0.1) is 19.7 Å². The van der Waals surface area contributed by atoms with Crippen molar-refractivity contribution in [2.45, 2.75) is 25.5 Å². The van der Waals surface area contributed by atoms with Crippen molar-refractivity contribution in [3.05, 3.63) is 85.7 Å². The maximum atomic E-state index is 13.3. The van der Waals surface area contributed by atoms with Crippen LogP contribution in [0.1, 0.15) is 16.7 Å². The van der Waals surface area contributed by atoms with Crippen LogP contribution in [0.5, 0.6) is 0 Å². The van der Waals surface area contributed by atoms with Gasteiger partial charge < -0.3 is 5.32 Å². The number of carbonyl (C=O) groups excluding carboxylic acids is 1. The highest BCUT2D eigenvalue weighted by molar-refractivity contribution is 7.99. The van der Waals surface area contributed by atoms with E-state index in [1.807, 2.05) is 37.4 Å². The molecule has 5 nitrogen and oxygen atoms in total. The van der Waals surface area contributed by atoms with Crippen molar-refractivity contribution < 1.29 is 9.18 Å². The van der Waals surface area contributed by atoms with Crippen molar-refractivity contribution in [3.8, 4) is 5.69 Å². The second-order valence-corrected chi connectivity index (χ2v) is 9.52. The Labute approximate surface area is 197 Å². The molecule has 4 rings (SSSR count). The molecule has 9 heteroatoms. The summed E-state index contributed by atoms with van der Waals surface area (Å²) in [6.07, 6.45) is 0. The maximum absolute atomic E-state index is 13.3. The van der Waals surface area contributed by atoms with Gasteiger partial charge in [-0.1, -0.05) is 35.5 Å². The fourth-order valence-electron chi connectivity index (χ4n) is 3.11. The van der Waals surface area contributed by atoms with Crippen molar-refractivity contribution in [1.29, 1.82) is 0 Å². The molecule has 2 aromatic heterocycles. The van der Waals surface area contributed by atoms with Crippen LogP contribution in [0.15, 0.2) is 57.8 Å². The van der Waals surface area contributed by atoms with E-state index in [1.54, 1.807) is 16.7 Å². The molecule has 4 aromatic rings. The summed E-state index contributed by atoms with van der Waals surface area (Å²) in [6.45, 7) is 4.22. The van der Waals surface area contributed by atoms with Gasteiger partial charge in [0.15, 0.2) is 5.16 Å². The molecule has 0 aliphatic rings. The van der Waals surface area contributed by atoms with E-state index >= 15 is 0 Å². The highest BCUT2D eigenvalue weighted by Crippen LogP contribution is 2.24. The van der Waals surface area contributed by atoms with E-state index in [1.165, 1.54) is 35.2 Å². The van der Waals surface area contributed by atoms with E-state index in [-0.39, 0.29) is 28.8 Å². The minimum Gasteiger partial charge on any atom is -0.351 e. The van der Waals surface area contributed by atoms with Crippen molar-refractivity contribution in [2.24, 2.45) is 0 Å². The van der Waals surface area contributed by atoms with Crippen LogP contribution in [0.4, 0.5) is 4.39 Å². The highest BCUT2D eigenvalue weighted by Gasteiger charge is 2.16. The zero-order chi connectivity index (χ0) is 22.8. The minimum absolute atomic E-state index is 0.0109. The van der Waals surface area contributed by atoms with Gasteiger partial charge in [-0.05, 0) is 66.2 Å². The van der Waals surface area contributed by atoms with Gasteiger partial charge >= 0.3 is 0 Å². The number of benzene rings is 2. The lowest BCUT2D eigenvalue weighted by atomic mass is 10.1. The van der Waals surface area contributed by atoms with E-state index in [0.29, 0.717) is 26.6 Å². The normalized spacial score (nSPS) is 11.1. The summed E-state index contributed by atoms with van der Waals surface area (Å²) in [5, 5.41) is 5.08. The fraction of sp³-hybridized carbons (Fsp3) is 0.174. The van der Waals surface area contributed by atoms with Gasteiger partial charge in [-0.15, -0.1) is 11.3 Å². The first-order valence-corrected chi connectivity index (χ1v) is 12.0. The Morgan fingerprint density at radius 2 is 2.00 bits per heavy atom. The Balaban J connectivity index is 1.56. The third-order valence-electron chi connectivity index (χ3n) is 5.00. The quantitative estimate of drug-likeness (QED) is 0.297. The van der Waals surface area contributed by atoms with Gasteiger partial charge in [0.1, 0.15) is 10.5 Å². The van der Waals surface area contributed by atoms with E-state index in [9.17, 15) is 14.0 Å². The molecule has 0 aliphatic heterocycles. The fourth-order valence-corrected chi connectivity index (χ4v) is 4.92. The summed E-state index contributed by atoms with van der Waals surface area (Å²) in [5.74, 6) is -0.666. The van der Waals surface area contributed by atoms with Crippen LogP contribution < -0.4 is 10.9 Å². The number of halogens is 2. The molecule has 0 atom stereocenters. The average molecular weight is 488 g/mol. The third kappa shape index (κ3) is 4.72. The summed E-state index contributed by atoms with van der Waals surface area (Å²) >= 11 is 8.33. The maximum Gasteiger partial charge on any atom is 0.276 e. The second kappa shape index (κ2) is 9.44. The molecule has 0 aliphatic carbocycles. The molecule has 0 radical (unpaired) electrons. The molecule has 32 heavy (non-hydrogen) atoms.